The zero-order chi connectivity index (χ0) is 26.9. The molecule has 0 aliphatic carbocycles. The predicted molar refractivity (Wildman–Crippen MR) is 165 cm³/mol. The summed E-state index contributed by atoms with van der Waals surface area (Å²) in [5.74, 6) is 0.269. The molecular weight excluding hydrogens is 512 g/mol. The quantitative estimate of drug-likeness (QED) is 0.224. The number of phenols is 1. The molecule has 0 amide bonds. The summed E-state index contributed by atoms with van der Waals surface area (Å²) >= 11 is 1.88. The van der Waals surface area contributed by atoms with Gasteiger partial charge in [-0.25, -0.2) is 0 Å². The first-order valence-corrected chi connectivity index (χ1v) is 13.9. The minimum atomic E-state index is 0. The van der Waals surface area contributed by atoms with Crippen LogP contribution in [0.2, 0.25) is 0 Å². The number of anilines is 2. The van der Waals surface area contributed by atoms with Crippen molar-refractivity contribution in [2.45, 2.75) is 63.8 Å². The van der Waals surface area contributed by atoms with Crippen molar-refractivity contribution in [2.24, 2.45) is 0 Å². The number of Topliss-reactive ketones (excluding diaryl/α,β-unsaturated/α-hetero) is 1. The van der Waals surface area contributed by atoms with E-state index in [1.165, 1.54) is 33.7 Å². The zero-order valence-electron chi connectivity index (χ0n) is 23.4. The second kappa shape index (κ2) is 15.0. The third-order valence-corrected chi connectivity index (χ3v) is 7.76. The second-order valence-corrected chi connectivity index (χ2v) is 10.7. The number of benzene rings is 3. The summed E-state index contributed by atoms with van der Waals surface area (Å²) in [5, 5.41) is 9.59. The lowest BCUT2D eigenvalue weighted by molar-refractivity contribution is 0.101. The number of likely N-dealkylation sites (N-methyl/N-ethyl adjacent to an activating group) is 1. The summed E-state index contributed by atoms with van der Waals surface area (Å²) in [5.41, 5.74) is 5.31. The fourth-order valence-corrected chi connectivity index (χ4v) is 5.58. The van der Waals surface area contributed by atoms with E-state index in [-0.39, 0.29) is 23.9 Å². The molecule has 1 unspecified atom stereocenters. The van der Waals surface area contributed by atoms with E-state index >= 15 is 0 Å². The van der Waals surface area contributed by atoms with Gasteiger partial charge in [0.1, 0.15) is 5.75 Å². The molecule has 0 saturated carbocycles. The van der Waals surface area contributed by atoms with Crippen LogP contribution in [0.4, 0.5) is 11.4 Å². The van der Waals surface area contributed by atoms with Crippen LogP contribution in [0.25, 0.3) is 0 Å². The van der Waals surface area contributed by atoms with Crippen molar-refractivity contribution < 1.29 is 9.90 Å². The third kappa shape index (κ3) is 8.13. The molecule has 3 aromatic rings. The summed E-state index contributed by atoms with van der Waals surface area (Å²) < 4.78 is 0. The Balaban J connectivity index is 0.000000280. The molecule has 38 heavy (non-hydrogen) atoms. The average Bonchev–Trinajstić information content (AvgIpc) is 2.89. The van der Waals surface area contributed by atoms with Crippen LogP contribution in [0.3, 0.4) is 0 Å². The monoisotopic (exact) mass is 552 g/mol. The summed E-state index contributed by atoms with van der Waals surface area (Å²) in [7, 11) is 0. The fourth-order valence-electron chi connectivity index (χ4n) is 4.49. The van der Waals surface area contributed by atoms with E-state index < -0.39 is 0 Å². The fraction of sp³-hybridized carbons (Fsp3) is 0.344. The molecule has 4 nitrogen and oxygen atoms in total. The van der Waals surface area contributed by atoms with Crippen molar-refractivity contribution in [3.63, 3.8) is 0 Å². The highest BCUT2D eigenvalue weighted by atomic mass is 35.5. The number of nitrogens with zero attached hydrogens (tertiary/aromatic N) is 2. The Morgan fingerprint density at radius 2 is 1.50 bits per heavy atom. The van der Waals surface area contributed by atoms with Crippen LogP contribution in [0, 0.1) is 0 Å². The van der Waals surface area contributed by atoms with Gasteiger partial charge in [-0.15, -0.1) is 12.4 Å². The van der Waals surface area contributed by atoms with E-state index in [2.05, 4.69) is 79.1 Å². The van der Waals surface area contributed by atoms with Gasteiger partial charge in [-0.1, -0.05) is 61.5 Å². The van der Waals surface area contributed by atoms with Gasteiger partial charge in [0.25, 0.3) is 0 Å². The van der Waals surface area contributed by atoms with Crippen molar-refractivity contribution in [2.75, 3.05) is 24.5 Å². The number of halogens is 1. The minimum Gasteiger partial charge on any atom is -0.508 e. The van der Waals surface area contributed by atoms with Crippen molar-refractivity contribution in [3.8, 4) is 5.75 Å². The standard InChI is InChI=1S/C19H24N2S.C13H16O2.ClH/c1-4-20(5-2)15(3)14-21-16-10-6-8-12-18(16)22-19-13-9-7-11-17(19)21;1-9(2)4-5-12-8-11(10(3)14)6-7-13(12)15;/h6-13,15H,4-5,14H2,1-3H3;4,6-8,15H,5H2,1-3H3;1H. The Kier molecular flexibility index (Phi) is 12.4. The van der Waals surface area contributed by atoms with Crippen LogP contribution >= 0.6 is 24.2 Å². The largest absolute Gasteiger partial charge is 0.508 e. The van der Waals surface area contributed by atoms with Crippen LogP contribution in [0.15, 0.2) is 88.2 Å². The van der Waals surface area contributed by atoms with Gasteiger partial charge in [0.15, 0.2) is 5.78 Å². The van der Waals surface area contributed by atoms with Crippen LogP contribution in [-0.2, 0) is 6.42 Å². The molecule has 1 aliphatic heterocycles. The first-order valence-electron chi connectivity index (χ1n) is 13.1. The summed E-state index contributed by atoms with van der Waals surface area (Å²) in [6.07, 6.45) is 2.69. The van der Waals surface area contributed by atoms with Crippen molar-refractivity contribution in [3.05, 3.63) is 89.5 Å². The van der Waals surface area contributed by atoms with Crippen molar-refractivity contribution in [1.29, 1.82) is 0 Å². The van der Waals surface area contributed by atoms with Crippen LogP contribution in [0.5, 0.6) is 5.75 Å². The number of hydrogen-bond acceptors (Lipinski definition) is 5. The number of allylic oxidation sites excluding steroid dienone is 2. The number of carbonyl (C=O) groups excluding carboxylic acids is 1. The number of carbonyl (C=O) groups is 1. The molecular formula is C32H41ClN2O2S. The van der Waals surface area contributed by atoms with Crippen molar-refractivity contribution in [1.82, 2.24) is 4.90 Å². The lowest BCUT2D eigenvalue weighted by Gasteiger charge is -2.37. The first kappa shape index (κ1) is 31.5. The number of ketones is 1. The normalized spacial score (nSPS) is 12.3. The SMILES string of the molecule is CC(=O)c1ccc(O)c(CC=C(C)C)c1.CCN(CC)C(C)CN1c2ccccc2Sc2ccccc21.Cl. The Labute approximate surface area is 239 Å². The summed E-state index contributed by atoms with van der Waals surface area (Å²) in [6.45, 7) is 15.6. The molecule has 0 saturated heterocycles. The van der Waals surface area contributed by atoms with Gasteiger partial charge in [0.05, 0.1) is 11.4 Å². The maximum Gasteiger partial charge on any atom is 0.159 e. The average molecular weight is 553 g/mol. The molecule has 4 rings (SSSR count). The van der Waals surface area contributed by atoms with Gasteiger partial charge in [-0.3, -0.25) is 9.69 Å². The molecule has 1 N–H and O–H groups in total. The van der Waals surface area contributed by atoms with Crippen LogP contribution < -0.4 is 4.90 Å². The molecule has 0 fully saturated rings. The molecule has 204 valence electrons. The van der Waals surface area contributed by atoms with E-state index in [1.807, 2.05) is 31.7 Å². The van der Waals surface area contributed by atoms with Gasteiger partial charge >= 0.3 is 0 Å². The molecule has 0 aromatic heterocycles. The van der Waals surface area contributed by atoms with Gasteiger partial charge in [-0.05, 0) is 95.2 Å². The second-order valence-electron chi connectivity index (χ2n) is 9.60. The molecule has 0 spiro atoms. The van der Waals surface area contributed by atoms with Gasteiger partial charge < -0.3 is 10.0 Å². The van der Waals surface area contributed by atoms with E-state index in [9.17, 15) is 9.90 Å². The number of para-hydroxylation sites is 2. The smallest absolute Gasteiger partial charge is 0.159 e. The van der Waals surface area contributed by atoms with E-state index in [0.29, 0.717) is 18.0 Å². The van der Waals surface area contributed by atoms with Gasteiger partial charge in [0, 0.05) is 27.9 Å². The molecule has 3 aromatic carbocycles. The minimum absolute atomic E-state index is 0. The summed E-state index contributed by atoms with van der Waals surface area (Å²) in [4.78, 5) is 18.9. The lowest BCUT2D eigenvalue weighted by Crippen LogP contribution is -2.41. The van der Waals surface area contributed by atoms with Gasteiger partial charge in [0.2, 0.25) is 0 Å². The Morgan fingerprint density at radius 3 is 2.00 bits per heavy atom. The Bertz CT molecular complexity index is 1190. The molecule has 1 heterocycles. The number of phenolic OH excluding ortho intramolecular Hbond substituents is 1. The molecule has 0 bridgehead atoms. The Morgan fingerprint density at radius 1 is 0.947 bits per heavy atom. The van der Waals surface area contributed by atoms with Crippen LogP contribution in [0.1, 0.15) is 57.5 Å². The van der Waals surface area contributed by atoms with Crippen LogP contribution in [-0.4, -0.2) is 41.5 Å². The van der Waals surface area contributed by atoms with E-state index in [0.717, 1.165) is 25.2 Å². The number of fused-ring (bicyclic) bond motifs is 2. The zero-order valence-corrected chi connectivity index (χ0v) is 25.0. The number of rotatable bonds is 8. The molecule has 1 atom stereocenters. The maximum absolute atomic E-state index is 11.1. The molecule has 6 heteroatoms. The highest BCUT2D eigenvalue weighted by molar-refractivity contribution is 7.99. The van der Waals surface area contributed by atoms with E-state index in [4.69, 9.17) is 0 Å². The lowest BCUT2D eigenvalue weighted by atomic mass is 10.0. The number of aromatic hydroxyl groups is 1. The first-order chi connectivity index (χ1) is 17.7. The number of hydrogen-bond donors (Lipinski definition) is 1. The highest BCUT2D eigenvalue weighted by Gasteiger charge is 2.25. The third-order valence-electron chi connectivity index (χ3n) is 6.63. The maximum atomic E-state index is 11.1. The molecule has 1 aliphatic rings. The summed E-state index contributed by atoms with van der Waals surface area (Å²) in [6, 6.07) is 23.0. The predicted octanol–water partition coefficient (Wildman–Crippen LogP) is 8.54. The van der Waals surface area contributed by atoms with Gasteiger partial charge in [-0.2, -0.15) is 0 Å². The van der Waals surface area contributed by atoms with E-state index in [1.54, 1.807) is 18.2 Å². The topological polar surface area (TPSA) is 43.8 Å². The highest BCUT2D eigenvalue weighted by Crippen LogP contribution is 2.47. The van der Waals surface area contributed by atoms with Crippen molar-refractivity contribution >= 4 is 41.3 Å². The Hall–Kier alpha value is -2.73. The molecule has 0 radical (unpaired) electrons.